The second-order valence-electron chi connectivity index (χ2n) is 4.37. The average Bonchev–Trinajstić information content (AvgIpc) is 2.70. The number of hydrogen-bond acceptors (Lipinski definition) is 4. The number of carboxylic acids is 1. The summed E-state index contributed by atoms with van der Waals surface area (Å²) in [6.45, 7) is 1.68. The molecule has 4 nitrogen and oxygen atoms in total. The molecular formula is C14H12FNO3S2. The predicted octanol–water partition coefficient (Wildman–Crippen LogP) is 2.89. The Labute approximate surface area is 130 Å². The monoisotopic (exact) mass is 325 g/mol. The molecule has 0 aromatic heterocycles. The third kappa shape index (κ3) is 3.30. The lowest BCUT2D eigenvalue weighted by Gasteiger charge is -2.21. The van der Waals surface area contributed by atoms with Gasteiger partial charge in [0.2, 0.25) is 0 Å². The number of carboxylic acid groups (broad SMARTS) is 1. The first-order chi connectivity index (χ1) is 9.93. The zero-order valence-electron chi connectivity index (χ0n) is 11.1. The van der Waals surface area contributed by atoms with E-state index in [0.717, 1.165) is 16.7 Å². The van der Waals surface area contributed by atoms with E-state index in [1.54, 1.807) is 13.0 Å². The van der Waals surface area contributed by atoms with E-state index >= 15 is 0 Å². The van der Waals surface area contributed by atoms with Gasteiger partial charge < -0.3 is 5.11 Å². The van der Waals surface area contributed by atoms with E-state index in [1.807, 2.05) is 0 Å². The Morgan fingerprint density at radius 3 is 2.62 bits per heavy atom. The van der Waals surface area contributed by atoms with Crippen LogP contribution < -0.4 is 0 Å². The highest BCUT2D eigenvalue weighted by Crippen LogP contribution is 2.34. The first kappa shape index (κ1) is 15.7. The summed E-state index contributed by atoms with van der Waals surface area (Å²) >= 11 is 6.15. The molecule has 0 spiro atoms. The first-order valence-corrected chi connectivity index (χ1v) is 7.42. The number of benzene rings is 1. The van der Waals surface area contributed by atoms with Gasteiger partial charge in [-0.15, -0.1) is 0 Å². The lowest BCUT2D eigenvalue weighted by atomic mass is 10.2. The summed E-state index contributed by atoms with van der Waals surface area (Å²) in [5.74, 6) is -1.88. The second kappa shape index (κ2) is 6.36. The van der Waals surface area contributed by atoms with Crippen LogP contribution in [-0.4, -0.2) is 32.2 Å². The highest BCUT2D eigenvalue weighted by atomic mass is 32.2. The molecule has 1 saturated heterocycles. The summed E-state index contributed by atoms with van der Waals surface area (Å²) in [6, 6.07) is 4.70. The van der Waals surface area contributed by atoms with Gasteiger partial charge in [0.15, 0.2) is 0 Å². The summed E-state index contributed by atoms with van der Waals surface area (Å²) in [4.78, 5) is 25.0. The molecule has 1 aromatic rings. The molecule has 1 aliphatic rings. The molecule has 1 aliphatic heterocycles. The van der Waals surface area contributed by atoms with Crippen molar-refractivity contribution in [3.63, 3.8) is 0 Å². The van der Waals surface area contributed by atoms with E-state index in [0.29, 0.717) is 10.5 Å². The number of thioether (sulfide) groups is 1. The van der Waals surface area contributed by atoms with E-state index in [-0.39, 0.29) is 16.6 Å². The van der Waals surface area contributed by atoms with Crippen molar-refractivity contribution >= 4 is 46.3 Å². The maximum absolute atomic E-state index is 12.9. The van der Waals surface area contributed by atoms with Crippen molar-refractivity contribution in [1.82, 2.24) is 4.90 Å². The first-order valence-electron chi connectivity index (χ1n) is 6.19. The zero-order valence-corrected chi connectivity index (χ0v) is 12.7. The summed E-state index contributed by atoms with van der Waals surface area (Å²) in [5.41, 5.74) is 0.653. The highest BCUT2D eigenvalue weighted by molar-refractivity contribution is 8.26. The number of thiocarbonyl (C=S) groups is 1. The molecule has 0 bridgehead atoms. The number of halogens is 1. The van der Waals surface area contributed by atoms with Crippen molar-refractivity contribution in [2.45, 2.75) is 19.4 Å². The van der Waals surface area contributed by atoms with Gasteiger partial charge in [-0.25, -0.2) is 9.18 Å². The van der Waals surface area contributed by atoms with E-state index in [9.17, 15) is 14.0 Å². The standard InChI is InChI=1S/C14H12FNO3S2/c1-2-10(13(18)19)16-12(17)11(21-14(16)20)7-8-3-5-9(15)6-4-8/h3-7,10H,2H2,1H3,(H,18,19)/b11-7-. The Hall–Kier alpha value is -1.73. The van der Waals surface area contributed by atoms with Crippen LogP contribution in [-0.2, 0) is 9.59 Å². The SMILES string of the molecule is CCC(C(=O)O)N1C(=O)/C(=C/c2ccc(F)cc2)SC1=S. The fraction of sp³-hybridized carbons (Fsp3) is 0.214. The molecule has 1 heterocycles. The van der Waals surface area contributed by atoms with E-state index < -0.39 is 17.9 Å². The van der Waals surface area contributed by atoms with Crippen molar-refractivity contribution in [3.05, 3.63) is 40.6 Å². The van der Waals surface area contributed by atoms with Crippen LogP contribution in [0.4, 0.5) is 4.39 Å². The molecule has 1 unspecified atom stereocenters. The maximum Gasteiger partial charge on any atom is 0.326 e. The minimum atomic E-state index is -1.09. The number of hydrogen-bond donors (Lipinski definition) is 1. The quantitative estimate of drug-likeness (QED) is 0.681. The lowest BCUT2D eigenvalue weighted by Crippen LogP contribution is -2.43. The van der Waals surface area contributed by atoms with Crippen LogP contribution in [0.3, 0.4) is 0 Å². The normalized spacial score (nSPS) is 18.4. The molecule has 1 fully saturated rings. The Balaban J connectivity index is 2.29. The molecule has 1 amide bonds. The van der Waals surface area contributed by atoms with Crippen molar-refractivity contribution in [2.75, 3.05) is 0 Å². The van der Waals surface area contributed by atoms with Crippen molar-refractivity contribution in [3.8, 4) is 0 Å². The fourth-order valence-corrected chi connectivity index (χ4v) is 3.28. The van der Waals surface area contributed by atoms with E-state index in [1.165, 1.54) is 24.3 Å². The maximum atomic E-state index is 12.9. The molecule has 0 saturated carbocycles. The predicted molar refractivity (Wildman–Crippen MR) is 83.1 cm³/mol. The van der Waals surface area contributed by atoms with Crippen LogP contribution in [0, 0.1) is 5.82 Å². The van der Waals surface area contributed by atoms with Gasteiger partial charge in [0.1, 0.15) is 16.2 Å². The molecular weight excluding hydrogens is 313 g/mol. The van der Waals surface area contributed by atoms with Gasteiger partial charge >= 0.3 is 5.97 Å². The van der Waals surface area contributed by atoms with Crippen LogP contribution in [0.2, 0.25) is 0 Å². The Morgan fingerprint density at radius 2 is 2.10 bits per heavy atom. The zero-order chi connectivity index (χ0) is 15.6. The molecule has 0 aliphatic carbocycles. The minimum absolute atomic E-state index is 0.225. The van der Waals surface area contributed by atoms with Crippen LogP contribution in [0.5, 0.6) is 0 Å². The Kier molecular flexibility index (Phi) is 4.74. The van der Waals surface area contributed by atoms with Gasteiger partial charge in [0.25, 0.3) is 5.91 Å². The van der Waals surface area contributed by atoms with Crippen LogP contribution in [0.15, 0.2) is 29.2 Å². The number of carbonyl (C=O) groups excluding carboxylic acids is 1. The summed E-state index contributed by atoms with van der Waals surface area (Å²) < 4.78 is 13.1. The third-order valence-electron chi connectivity index (χ3n) is 2.97. The minimum Gasteiger partial charge on any atom is -0.480 e. The number of amides is 1. The molecule has 0 radical (unpaired) electrons. The van der Waals surface area contributed by atoms with Gasteiger partial charge in [-0.3, -0.25) is 9.69 Å². The van der Waals surface area contributed by atoms with Crippen LogP contribution >= 0.6 is 24.0 Å². The second-order valence-corrected chi connectivity index (χ2v) is 6.04. The van der Waals surface area contributed by atoms with Gasteiger partial charge in [-0.05, 0) is 30.2 Å². The van der Waals surface area contributed by atoms with Crippen LogP contribution in [0.1, 0.15) is 18.9 Å². The van der Waals surface area contributed by atoms with Crippen molar-refractivity contribution in [1.29, 1.82) is 0 Å². The lowest BCUT2D eigenvalue weighted by molar-refractivity contribution is -0.145. The van der Waals surface area contributed by atoms with E-state index in [4.69, 9.17) is 17.3 Å². The summed E-state index contributed by atoms with van der Waals surface area (Å²) in [5, 5.41) is 9.15. The van der Waals surface area contributed by atoms with Gasteiger partial charge in [-0.2, -0.15) is 0 Å². The smallest absolute Gasteiger partial charge is 0.326 e. The Morgan fingerprint density at radius 1 is 1.48 bits per heavy atom. The largest absolute Gasteiger partial charge is 0.480 e. The molecule has 110 valence electrons. The third-order valence-corrected chi connectivity index (χ3v) is 4.31. The number of aliphatic carboxylic acids is 1. The summed E-state index contributed by atoms with van der Waals surface area (Å²) in [7, 11) is 0. The molecule has 7 heteroatoms. The molecule has 1 atom stereocenters. The van der Waals surface area contributed by atoms with Gasteiger partial charge in [0.05, 0.1) is 4.91 Å². The van der Waals surface area contributed by atoms with Gasteiger partial charge in [-0.1, -0.05) is 43.0 Å². The van der Waals surface area contributed by atoms with Crippen LogP contribution in [0.25, 0.3) is 6.08 Å². The highest BCUT2D eigenvalue weighted by Gasteiger charge is 2.39. The number of nitrogens with zero attached hydrogens (tertiary/aromatic N) is 1. The Bertz CT molecular complexity index is 628. The molecule has 1 aromatic carbocycles. The van der Waals surface area contributed by atoms with Crippen molar-refractivity contribution in [2.24, 2.45) is 0 Å². The number of rotatable bonds is 4. The average molecular weight is 325 g/mol. The summed E-state index contributed by atoms with van der Waals surface area (Å²) in [6.07, 6.45) is 1.85. The fourth-order valence-electron chi connectivity index (χ4n) is 1.93. The molecule has 1 N–H and O–H groups in total. The number of carbonyl (C=O) groups is 2. The van der Waals surface area contributed by atoms with Crippen molar-refractivity contribution < 1.29 is 19.1 Å². The van der Waals surface area contributed by atoms with Gasteiger partial charge in [0, 0.05) is 0 Å². The van der Waals surface area contributed by atoms with E-state index in [2.05, 4.69) is 0 Å². The molecule has 21 heavy (non-hydrogen) atoms. The topological polar surface area (TPSA) is 57.6 Å². The molecule has 2 rings (SSSR count).